The second-order valence-electron chi connectivity index (χ2n) is 11.6. The van der Waals surface area contributed by atoms with Gasteiger partial charge in [0.1, 0.15) is 11.4 Å². The highest BCUT2D eigenvalue weighted by Gasteiger charge is 2.40. The van der Waals surface area contributed by atoms with E-state index in [0.717, 1.165) is 23.4 Å². The number of fused-ring (bicyclic) bond motifs is 3. The molecule has 4 rings (SSSR count). The van der Waals surface area contributed by atoms with Gasteiger partial charge in [0.25, 0.3) is 5.91 Å². The lowest BCUT2D eigenvalue weighted by Crippen LogP contribution is -2.46. The number of nitrogens with zero attached hydrogens (tertiary/aromatic N) is 1. The number of carbonyl (C=O) groups is 1. The van der Waals surface area contributed by atoms with Crippen molar-refractivity contribution in [2.45, 2.75) is 78.7 Å². The molecular weight excluding hydrogens is 473 g/mol. The van der Waals surface area contributed by atoms with Gasteiger partial charge in [-0.05, 0) is 45.6 Å². The highest BCUT2D eigenvalue weighted by molar-refractivity contribution is 6.38. The first kappa shape index (κ1) is 24.7. The quantitative estimate of drug-likeness (QED) is 0.382. The molecule has 9 heteroatoms. The predicted octanol–water partition coefficient (Wildman–Crippen LogP) is 6.28. The van der Waals surface area contributed by atoms with Crippen LogP contribution in [0.1, 0.15) is 70.8 Å². The number of pyridine rings is 1. The third-order valence-corrected chi connectivity index (χ3v) is 6.33. The maximum Gasteiger partial charge on any atom is 0.255 e. The molecule has 1 aromatic carbocycles. The lowest BCUT2D eigenvalue weighted by Gasteiger charge is -2.33. The van der Waals surface area contributed by atoms with Gasteiger partial charge in [0.2, 0.25) is 0 Å². The van der Waals surface area contributed by atoms with Gasteiger partial charge >= 0.3 is 0 Å². The Balaban J connectivity index is 1.64. The van der Waals surface area contributed by atoms with Crippen molar-refractivity contribution < 1.29 is 9.53 Å². The minimum Gasteiger partial charge on any atom is -0.486 e. The van der Waals surface area contributed by atoms with Gasteiger partial charge in [-0.2, -0.15) is 0 Å². The van der Waals surface area contributed by atoms with Crippen molar-refractivity contribution in [3.63, 3.8) is 0 Å². The normalized spacial score (nSPS) is 18.3. The second kappa shape index (κ2) is 8.38. The summed E-state index contributed by atoms with van der Waals surface area (Å²) in [6.07, 6.45) is 4.21. The van der Waals surface area contributed by atoms with Gasteiger partial charge < -0.3 is 26.0 Å². The van der Waals surface area contributed by atoms with Gasteiger partial charge in [0.05, 0.1) is 32.7 Å². The van der Waals surface area contributed by atoms with Gasteiger partial charge in [-0.3, -0.25) is 9.78 Å². The fourth-order valence-electron chi connectivity index (χ4n) is 5.04. The third kappa shape index (κ3) is 5.15. The largest absolute Gasteiger partial charge is 0.486 e. The zero-order chi connectivity index (χ0) is 25.1. The molecule has 0 spiro atoms. The zero-order valence-corrected chi connectivity index (χ0v) is 22.3. The van der Waals surface area contributed by atoms with Crippen LogP contribution in [0.2, 0.25) is 10.0 Å². The fourth-order valence-corrected chi connectivity index (χ4v) is 5.51. The number of ether oxygens (including phenoxy) is 1. The van der Waals surface area contributed by atoms with Crippen molar-refractivity contribution in [2.75, 3.05) is 16.0 Å². The summed E-state index contributed by atoms with van der Waals surface area (Å²) in [5.74, 6) is 0.479. The number of rotatable bonds is 5. The summed E-state index contributed by atoms with van der Waals surface area (Å²) in [4.78, 5) is 17.5. The van der Waals surface area contributed by atoms with Crippen LogP contribution >= 0.6 is 23.2 Å². The highest BCUT2D eigenvalue weighted by atomic mass is 35.5. The van der Waals surface area contributed by atoms with E-state index in [4.69, 9.17) is 27.9 Å². The van der Waals surface area contributed by atoms with Crippen molar-refractivity contribution in [3.05, 3.63) is 39.6 Å². The van der Waals surface area contributed by atoms with E-state index in [1.807, 2.05) is 19.9 Å². The van der Waals surface area contributed by atoms with Crippen LogP contribution in [-0.2, 0) is 6.42 Å². The Morgan fingerprint density at radius 1 is 1.18 bits per heavy atom. The Kier molecular flexibility index (Phi) is 6.10. The first-order chi connectivity index (χ1) is 15.6. The average Bonchev–Trinajstić information content (AvgIpc) is 3.20. The molecule has 2 aromatic rings. The Hall–Kier alpha value is -2.38. The van der Waals surface area contributed by atoms with Gasteiger partial charge in [0, 0.05) is 29.9 Å². The van der Waals surface area contributed by atoms with Crippen LogP contribution in [0.5, 0.6) is 5.75 Å². The molecule has 1 unspecified atom stereocenters. The number of hydrogen-bond acceptors (Lipinski definition) is 6. The van der Waals surface area contributed by atoms with E-state index in [0.29, 0.717) is 33.5 Å². The summed E-state index contributed by atoms with van der Waals surface area (Å²) in [5, 5.41) is 14.2. The molecule has 0 saturated carbocycles. The van der Waals surface area contributed by atoms with E-state index in [1.54, 1.807) is 0 Å². The Morgan fingerprint density at radius 3 is 2.44 bits per heavy atom. The molecule has 0 aliphatic carbocycles. The number of nitrogens with one attached hydrogen (secondary N) is 4. The number of aromatic nitrogens is 1. The molecule has 2 aliphatic heterocycles. The van der Waals surface area contributed by atoms with Crippen molar-refractivity contribution in [2.24, 2.45) is 5.41 Å². The monoisotopic (exact) mass is 505 g/mol. The molecule has 2 aliphatic rings. The van der Waals surface area contributed by atoms with Crippen LogP contribution in [0.15, 0.2) is 18.5 Å². The van der Waals surface area contributed by atoms with E-state index in [1.165, 1.54) is 12.4 Å². The van der Waals surface area contributed by atoms with E-state index in [9.17, 15) is 4.79 Å². The maximum absolute atomic E-state index is 13.5. The molecule has 1 atom stereocenters. The summed E-state index contributed by atoms with van der Waals surface area (Å²) < 4.78 is 6.28. The summed E-state index contributed by atoms with van der Waals surface area (Å²) >= 11 is 12.6. The predicted molar refractivity (Wildman–Crippen MR) is 139 cm³/mol. The maximum atomic E-state index is 13.5. The third-order valence-electron chi connectivity index (χ3n) is 5.76. The van der Waals surface area contributed by atoms with Crippen LogP contribution in [0.3, 0.4) is 0 Å². The van der Waals surface area contributed by atoms with E-state index < -0.39 is 5.60 Å². The van der Waals surface area contributed by atoms with Crippen molar-refractivity contribution >= 4 is 46.2 Å². The molecule has 0 saturated heterocycles. The molecule has 184 valence electrons. The molecule has 1 amide bonds. The number of amides is 1. The summed E-state index contributed by atoms with van der Waals surface area (Å²) in [7, 11) is 0. The Bertz CT molecular complexity index is 1120. The SMILES string of the molecule is CC(C)(C)CC(C)(C)NC(=O)c1cc2c(c3c1OC(C)(C)C3)NC(Nc1c(Cl)cncc1Cl)N2. The number of benzene rings is 1. The number of hydrogen-bond donors (Lipinski definition) is 4. The van der Waals surface area contributed by atoms with Gasteiger partial charge in [-0.1, -0.05) is 44.0 Å². The number of halogens is 2. The van der Waals surface area contributed by atoms with Crippen LogP contribution in [0.4, 0.5) is 17.1 Å². The smallest absolute Gasteiger partial charge is 0.255 e. The molecule has 7 nitrogen and oxygen atoms in total. The van der Waals surface area contributed by atoms with Crippen LogP contribution in [0.25, 0.3) is 0 Å². The van der Waals surface area contributed by atoms with E-state index in [2.05, 4.69) is 60.9 Å². The lowest BCUT2D eigenvalue weighted by atomic mass is 9.81. The van der Waals surface area contributed by atoms with Gasteiger partial charge in [-0.15, -0.1) is 0 Å². The molecule has 0 radical (unpaired) electrons. The van der Waals surface area contributed by atoms with Crippen LogP contribution in [0, 0.1) is 5.41 Å². The van der Waals surface area contributed by atoms with Crippen molar-refractivity contribution in [1.29, 1.82) is 0 Å². The molecule has 1 aromatic heterocycles. The standard InChI is InChI=1S/C25H33Cl2N5O2/c1-23(2,3)12-24(4,5)32-21(33)13-8-17-18(14-9-25(6,7)34-20(13)14)30-22(29-17)31-19-15(26)10-28-11-16(19)27/h8,10-11,22,29-30H,9,12H2,1-7H3,(H,28,31)(H,32,33). The van der Waals surface area contributed by atoms with Gasteiger partial charge in [0.15, 0.2) is 6.29 Å². The molecule has 4 N–H and O–H groups in total. The molecule has 3 heterocycles. The Labute approximate surface area is 211 Å². The molecule has 0 fully saturated rings. The van der Waals surface area contributed by atoms with Crippen LogP contribution < -0.4 is 26.0 Å². The number of carbonyl (C=O) groups excluding carboxylic acids is 1. The van der Waals surface area contributed by atoms with E-state index in [-0.39, 0.29) is 23.2 Å². The lowest BCUT2D eigenvalue weighted by molar-refractivity contribution is 0.0879. The van der Waals surface area contributed by atoms with E-state index >= 15 is 0 Å². The first-order valence-corrected chi connectivity index (χ1v) is 12.2. The number of anilines is 3. The zero-order valence-electron chi connectivity index (χ0n) is 20.7. The molecule has 0 bridgehead atoms. The van der Waals surface area contributed by atoms with Crippen molar-refractivity contribution in [3.8, 4) is 5.75 Å². The van der Waals surface area contributed by atoms with Gasteiger partial charge in [-0.25, -0.2) is 0 Å². The first-order valence-electron chi connectivity index (χ1n) is 11.4. The molecule has 34 heavy (non-hydrogen) atoms. The fraction of sp³-hybridized carbons (Fsp3) is 0.520. The summed E-state index contributed by atoms with van der Waals surface area (Å²) in [6, 6.07) is 1.85. The highest BCUT2D eigenvalue weighted by Crippen LogP contribution is 2.48. The minimum absolute atomic E-state index is 0.0784. The molecular formula is C25H33Cl2N5O2. The topological polar surface area (TPSA) is 87.3 Å². The summed E-state index contributed by atoms with van der Waals surface area (Å²) in [5.41, 5.74) is 3.09. The van der Waals surface area contributed by atoms with Crippen LogP contribution in [-0.4, -0.2) is 28.3 Å². The summed E-state index contributed by atoms with van der Waals surface area (Å²) in [6.45, 7) is 14.7. The minimum atomic E-state index is -0.418. The second-order valence-corrected chi connectivity index (χ2v) is 12.4. The Morgan fingerprint density at radius 2 is 1.82 bits per heavy atom. The average molecular weight is 506 g/mol. The van der Waals surface area contributed by atoms with Crippen molar-refractivity contribution in [1.82, 2.24) is 10.3 Å².